The molecule has 8 heteroatoms. The van der Waals surface area contributed by atoms with Crippen LogP contribution in [0.4, 0.5) is 5.69 Å². The maximum Gasteiger partial charge on any atom is 0.373 e. The standard InChI is InChI=1S/C17H14N2O6/c1-10-5-16(20)18(9-13(10)19(22)23)8-11-3-4-14-12(6-11)7-15(25-14)17(21)24-2/h3-7,9H,8H2,1-2H3. The predicted molar refractivity (Wildman–Crippen MR) is 88.7 cm³/mol. The number of hydrogen-bond donors (Lipinski definition) is 0. The lowest BCUT2D eigenvalue weighted by Crippen LogP contribution is -2.20. The van der Waals surface area contributed by atoms with E-state index in [0.717, 1.165) is 5.56 Å². The fourth-order valence-corrected chi connectivity index (χ4v) is 2.56. The maximum absolute atomic E-state index is 12.1. The predicted octanol–water partition coefficient (Wildman–Crippen LogP) is 2.65. The molecule has 8 nitrogen and oxygen atoms in total. The molecular formula is C17H14N2O6. The highest BCUT2D eigenvalue weighted by molar-refractivity contribution is 5.92. The van der Waals surface area contributed by atoms with Gasteiger partial charge in [0.05, 0.1) is 24.8 Å². The first kappa shape index (κ1) is 16.4. The van der Waals surface area contributed by atoms with Gasteiger partial charge >= 0.3 is 5.97 Å². The third kappa shape index (κ3) is 3.14. The highest BCUT2D eigenvalue weighted by atomic mass is 16.6. The number of nitro groups is 1. The lowest BCUT2D eigenvalue weighted by Gasteiger charge is -2.07. The number of carbonyl (C=O) groups is 1. The molecule has 0 saturated carbocycles. The molecule has 3 rings (SSSR count). The van der Waals surface area contributed by atoms with Crippen LogP contribution in [0.25, 0.3) is 11.0 Å². The van der Waals surface area contributed by atoms with Gasteiger partial charge in [0.1, 0.15) is 5.58 Å². The minimum atomic E-state index is -0.580. The number of aromatic nitrogens is 1. The first-order chi connectivity index (χ1) is 11.9. The van der Waals surface area contributed by atoms with Crippen LogP contribution in [0.2, 0.25) is 0 Å². The van der Waals surface area contributed by atoms with Crippen molar-refractivity contribution in [2.24, 2.45) is 0 Å². The lowest BCUT2D eigenvalue weighted by atomic mass is 10.1. The minimum absolute atomic E-state index is 0.0813. The SMILES string of the molecule is COC(=O)c1cc2cc(Cn3cc([N+](=O)[O-])c(C)cc3=O)ccc2o1. The molecule has 0 aliphatic rings. The summed E-state index contributed by atoms with van der Waals surface area (Å²) >= 11 is 0. The van der Waals surface area contributed by atoms with Crippen molar-refractivity contribution in [2.75, 3.05) is 7.11 Å². The van der Waals surface area contributed by atoms with Crippen LogP contribution in [-0.4, -0.2) is 22.6 Å². The van der Waals surface area contributed by atoms with Crippen molar-refractivity contribution in [2.45, 2.75) is 13.5 Å². The second-order valence-electron chi connectivity index (χ2n) is 5.54. The van der Waals surface area contributed by atoms with Gasteiger partial charge in [-0.25, -0.2) is 4.79 Å². The van der Waals surface area contributed by atoms with E-state index < -0.39 is 10.9 Å². The Morgan fingerprint density at radius 3 is 2.76 bits per heavy atom. The highest BCUT2D eigenvalue weighted by Crippen LogP contribution is 2.22. The zero-order valence-corrected chi connectivity index (χ0v) is 13.5. The van der Waals surface area contributed by atoms with Crippen LogP contribution in [-0.2, 0) is 11.3 Å². The lowest BCUT2D eigenvalue weighted by molar-refractivity contribution is -0.385. The van der Waals surface area contributed by atoms with Crippen LogP contribution in [0.3, 0.4) is 0 Å². The summed E-state index contributed by atoms with van der Waals surface area (Å²) in [4.78, 5) is 34.1. The Morgan fingerprint density at radius 1 is 1.32 bits per heavy atom. The van der Waals surface area contributed by atoms with Gasteiger partial charge in [0.2, 0.25) is 5.76 Å². The maximum atomic E-state index is 12.1. The molecule has 128 valence electrons. The normalized spacial score (nSPS) is 10.8. The number of rotatable bonds is 4. The number of fused-ring (bicyclic) bond motifs is 1. The molecule has 0 N–H and O–H groups in total. The molecule has 0 fully saturated rings. The minimum Gasteiger partial charge on any atom is -0.463 e. The first-order valence-corrected chi connectivity index (χ1v) is 7.35. The molecule has 1 aromatic carbocycles. The summed E-state index contributed by atoms with van der Waals surface area (Å²) in [6.07, 6.45) is 1.23. The summed E-state index contributed by atoms with van der Waals surface area (Å²) in [5, 5.41) is 11.7. The molecule has 0 aliphatic carbocycles. The van der Waals surface area contributed by atoms with E-state index in [9.17, 15) is 19.7 Å². The Morgan fingerprint density at radius 2 is 2.08 bits per heavy atom. The van der Waals surface area contributed by atoms with Gasteiger partial charge in [0.25, 0.3) is 11.2 Å². The van der Waals surface area contributed by atoms with Crippen molar-refractivity contribution in [3.05, 3.63) is 73.9 Å². The molecule has 0 unspecified atom stereocenters. The molecule has 0 amide bonds. The van der Waals surface area contributed by atoms with Gasteiger partial charge in [0.15, 0.2) is 0 Å². The van der Waals surface area contributed by atoms with E-state index in [-0.39, 0.29) is 23.6 Å². The summed E-state index contributed by atoms with van der Waals surface area (Å²) in [6.45, 7) is 1.68. The van der Waals surface area contributed by atoms with Gasteiger partial charge in [0, 0.05) is 17.0 Å². The number of carbonyl (C=O) groups excluding carboxylic acids is 1. The number of nitrogens with zero attached hydrogens (tertiary/aromatic N) is 2. The van der Waals surface area contributed by atoms with E-state index in [1.807, 2.05) is 0 Å². The third-order valence-electron chi connectivity index (χ3n) is 3.82. The highest BCUT2D eigenvalue weighted by Gasteiger charge is 2.15. The summed E-state index contributed by atoms with van der Waals surface area (Å²) in [5.41, 5.74) is 1.12. The topological polar surface area (TPSA) is 105 Å². The van der Waals surface area contributed by atoms with Crippen LogP contribution < -0.4 is 5.56 Å². The molecule has 0 spiro atoms. The average molecular weight is 342 g/mol. The van der Waals surface area contributed by atoms with E-state index in [1.165, 1.54) is 30.9 Å². The first-order valence-electron chi connectivity index (χ1n) is 7.35. The van der Waals surface area contributed by atoms with Gasteiger partial charge in [-0.3, -0.25) is 14.9 Å². The molecule has 0 saturated heterocycles. The number of ether oxygens (including phenoxy) is 1. The van der Waals surface area contributed by atoms with Gasteiger partial charge in [-0.2, -0.15) is 0 Å². The molecule has 0 bridgehead atoms. The molecule has 0 radical (unpaired) electrons. The summed E-state index contributed by atoms with van der Waals surface area (Å²) < 4.78 is 11.3. The summed E-state index contributed by atoms with van der Waals surface area (Å²) in [6, 6.07) is 7.94. The van der Waals surface area contributed by atoms with E-state index in [1.54, 1.807) is 24.3 Å². The average Bonchev–Trinajstić information content (AvgIpc) is 2.99. The quantitative estimate of drug-likeness (QED) is 0.410. The fraction of sp³-hybridized carbons (Fsp3) is 0.176. The van der Waals surface area contributed by atoms with Crippen LogP contribution >= 0.6 is 0 Å². The number of furan rings is 1. The van der Waals surface area contributed by atoms with Gasteiger partial charge in [-0.05, 0) is 30.7 Å². The van der Waals surface area contributed by atoms with E-state index >= 15 is 0 Å². The van der Waals surface area contributed by atoms with Crippen molar-refractivity contribution >= 4 is 22.6 Å². The zero-order chi connectivity index (χ0) is 18.1. The van der Waals surface area contributed by atoms with Crippen molar-refractivity contribution < 1.29 is 18.9 Å². The number of esters is 1. The smallest absolute Gasteiger partial charge is 0.373 e. The fourth-order valence-electron chi connectivity index (χ4n) is 2.56. The van der Waals surface area contributed by atoms with Gasteiger partial charge in [-0.1, -0.05) is 6.07 Å². The number of pyridine rings is 1. The molecule has 0 atom stereocenters. The van der Waals surface area contributed by atoms with Crippen molar-refractivity contribution in [3.8, 4) is 0 Å². The number of hydrogen-bond acceptors (Lipinski definition) is 6. The summed E-state index contributed by atoms with van der Waals surface area (Å²) in [5.74, 6) is -0.499. The van der Waals surface area contributed by atoms with E-state index in [4.69, 9.17) is 4.42 Å². The van der Waals surface area contributed by atoms with E-state index in [0.29, 0.717) is 16.5 Å². The second-order valence-corrected chi connectivity index (χ2v) is 5.54. The Bertz CT molecular complexity index is 1050. The van der Waals surface area contributed by atoms with Crippen molar-refractivity contribution in [1.82, 2.24) is 4.57 Å². The molecule has 0 aliphatic heterocycles. The molecule has 2 aromatic heterocycles. The Balaban J connectivity index is 1.98. The van der Waals surface area contributed by atoms with E-state index in [2.05, 4.69) is 4.74 Å². The summed E-state index contributed by atoms with van der Waals surface area (Å²) in [7, 11) is 1.26. The molecule has 25 heavy (non-hydrogen) atoms. The molecular weight excluding hydrogens is 328 g/mol. The monoisotopic (exact) mass is 342 g/mol. The zero-order valence-electron chi connectivity index (χ0n) is 13.5. The molecule has 3 aromatic rings. The number of methoxy groups -OCH3 is 1. The van der Waals surface area contributed by atoms with Crippen molar-refractivity contribution in [3.63, 3.8) is 0 Å². The van der Waals surface area contributed by atoms with Crippen LogP contribution in [0.1, 0.15) is 21.7 Å². The number of aryl methyl sites for hydroxylation is 1. The second kappa shape index (κ2) is 6.23. The Kier molecular flexibility index (Phi) is 4.10. The van der Waals surface area contributed by atoms with Gasteiger partial charge in [-0.15, -0.1) is 0 Å². The largest absolute Gasteiger partial charge is 0.463 e. The third-order valence-corrected chi connectivity index (χ3v) is 3.82. The Labute approximate surface area is 141 Å². The van der Waals surface area contributed by atoms with Crippen LogP contribution in [0, 0.1) is 17.0 Å². The van der Waals surface area contributed by atoms with Crippen LogP contribution in [0.15, 0.2) is 45.7 Å². The van der Waals surface area contributed by atoms with Crippen LogP contribution in [0.5, 0.6) is 0 Å². The number of benzene rings is 1. The van der Waals surface area contributed by atoms with Gasteiger partial charge < -0.3 is 13.7 Å². The molecule has 2 heterocycles. The van der Waals surface area contributed by atoms with Crippen molar-refractivity contribution in [1.29, 1.82) is 0 Å². The Hall–Kier alpha value is -3.42.